The van der Waals surface area contributed by atoms with Gasteiger partial charge < -0.3 is 10.1 Å². The molecule has 7 nitrogen and oxygen atoms in total. The highest BCUT2D eigenvalue weighted by atomic mass is 35.5. The molecular formula is C25H20ClN5O2. The van der Waals surface area contributed by atoms with Gasteiger partial charge in [-0.05, 0) is 47.5 Å². The number of carbonyl (C=O) groups excluding carboxylic acids is 1. The number of anilines is 2. The number of amides is 1. The number of benzene rings is 3. The van der Waals surface area contributed by atoms with Crippen molar-refractivity contribution >= 4 is 35.1 Å². The van der Waals surface area contributed by atoms with Crippen LogP contribution in [0.15, 0.2) is 84.9 Å². The molecule has 2 N–H and O–H groups in total. The number of nitrogens with zero attached hydrogens (tertiary/aromatic N) is 3. The maximum Gasteiger partial charge on any atom is 0.258 e. The summed E-state index contributed by atoms with van der Waals surface area (Å²) in [5.74, 6) is 1.06. The van der Waals surface area contributed by atoms with Gasteiger partial charge in [0.1, 0.15) is 11.8 Å². The first-order valence-corrected chi connectivity index (χ1v) is 10.7. The number of rotatable bonds is 5. The summed E-state index contributed by atoms with van der Waals surface area (Å²) >= 11 is 6.52. The van der Waals surface area contributed by atoms with Gasteiger partial charge in [0, 0.05) is 16.3 Å². The van der Waals surface area contributed by atoms with Crippen LogP contribution in [0.25, 0.3) is 5.70 Å². The third-order valence-electron chi connectivity index (χ3n) is 5.35. The molecule has 0 radical (unpaired) electrons. The normalized spacial score (nSPS) is 14.6. The summed E-state index contributed by atoms with van der Waals surface area (Å²) in [6, 6.07) is 24.1. The Bertz CT molecular complexity index is 1330. The summed E-state index contributed by atoms with van der Waals surface area (Å²) in [6.45, 7) is 0. The summed E-state index contributed by atoms with van der Waals surface area (Å²) in [5, 5.41) is 11.3. The fourth-order valence-corrected chi connectivity index (χ4v) is 3.93. The van der Waals surface area contributed by atoms with Gasteiger partial charge in [-0.1, -0.05) is 60.1 Å². The molecule has 1 aliphatic rings. The van der Waals surface area contributed by atoms with E-state index in [0.29, 0.717) is 22.3 Å². The van der Waals surface area contributed by atoms with Crippen LogP contribution in [-0.2, 0) is 0 Å². The minimum absolute atomic E-state index is 0.193. The second kappa shape index (κ2) is 8.80. The van der Waals surface area contributed by atoms with Gasteiger partial charge in [0.25, 0.3) is 11.9 Å². The van der Waals surface area contributed by atoms with Gasteiger partial charge in [-0.3, -0.25) is 10.1 Å². The largest absolute Gasteiger partial charge is 0.497 e. The highest BCUT2D eigenvalue weighted by Gasteiger charge is 2.27. The van der Waals surface area contributed by atoms with Crippen molar-refractivity contribution in [1.29, 1.82) is 0 Å². The minimum Gasteiger partial charge on any atom is -0.497 e. The van der Waals surface area contributed by atoms with Gasteiger partial charge in [0.2, 0.25) is 5.95 Å². The lowest BCUT2D eigenvalue weighted by Gasteiger charge is -2.24. The topological polar surface area (TPSA) is 81.1 Å². The zero-order valence-corrected chi connectivity index (χ0v) is 18.5. The molecule has 0 saturated carbocycles. The second-order valence-electron chi connectivity index (χ2n) is 7.42. The molecule has 4 aromatic rings. The molecule has 0 aliphatic carbocycles. The van der Waals surface area contributed by atoms with Crippen molar-refractivity contribution in [1.82, 2.24) is 14.8 Å². The van der Waals surface area contributed by atoms with Crippen LogP contribution in [0.1, 0.15) is 27.5 Å². The van der Waals surface area contributed by atoms with Crippen LogP contribution in [0.3, 0.4) is 0 Å². The molecule has 0 bridgehead atoms. The molecule has 0 saturated heterocycles. The number of allylic oxidation sites excluding steroid dienone is 1. The van der Waals surface area contributed by atoms with Crippen molar-refractivity contribution < 1.29 is 9.53 Å². The molecule has 2 heterocycles. The van der Waals surface area contributed by atoms with Gasteiger partial charge in [0.15, 0.2) is 0 Å². The molecule has 1 amide bonds. The van der Waals surface area contributed by atoms with Gasteiger partial charge in [-0.2, -0.15) is 4.98 Å². The van der Waals surface area contributed by atoms with E-state index < -0.39 is 0 Å². The number of hydrogen-bond donors (Lipinski definition) is 2. The number of nitrogens with one attached hydrogen (secondary N) is 2. The van der Waals surface area contributed by atoms with Crippen molar-refractivity contribution in [3.8, 4) is 5.75 Å². The van der Waals surface area contributed by atoms with Crippen molar-refractivity contribution in [2.75, 3.05) is 17.7 Å². The molecule has 33 heavy (non-hydrogen) atoms. The van der Waals surface area contributed by atoms with Crippen LogP contribution in [-0.4, -0.2) is 27.8 Å². The van der Waals surface area contributed by atoms with Crippen molar-refractivity contribution in [3.05, 3.63) is 107 Å². The molecule has 0 fully saturated rings. The molecule has 164 valence electrons. The van der Waals surface area contributed by atoms with Gasteiger partial charge >= 0.3 is 0 Å². The minimum atomic E-state index is -0.314. The summed E-state index contributed by atoms with van der Waals surface area (Å²) in [7, 11) is 1.58. The molecule has 0 spiro atoms. The highest BCUT2D eigenvalue weighted by Crippen LogP contribution is 2.35. The average molecular weight is 458 g/mol. The maximum absolute atomic E-state index is 12.7. The Hall–Kier alpha value is -4.10. The van der Waals surface area contributed by atoms with E-state index in [9.17, 15) is 4.79 Å². The molecule has 1 aliphatic heterocycles. The summed E-state index contributed by atoms with van der Waals surface area (Å²) in [6.07, 6.45) is 2.05. The van der Waals surface area contributed by atoms with Gasteiger partial charge in [-0.25, -0.2) is 4.68 Å². The first-order chi connectivity index (χ1) is 16.1. The Morgan fingerprint density at radius 2 is 1.76 bits per heavy atom. The van der Waals surface area contributed by atoms with E-state index in [1.54, 1.807) is 36.1 Å². The third kappa shape index (κ3) is 4.18. The van der Waals surface area contributed by atoms with E-state index in [-0.39, 0.29) is 17.9 Å². The number of methoxy groups -OCH3 is 1. The Balaban J connectivity index is 1.49. The number of carbonyl (C=O) groups is 1. The summed E-state index contributed by atoms with van der Waals surface area (Å²) < 4.78 is 6.87. The summed E-state index contributed by atoms with van der Waals surface area (Å²) in [4.78, 5) is 17.3. The predicted molar refractivity (Wildman–Crippen MR) is 129 cm³/mol. The third-order valence-corrected chi connectivity index (χ3v) is 5.70. The molecule has 1 aromatic heterocycles. The Labute approximate surface area is 195 Å². The molecular weight excluding hydrogens is 438 g/mol. The zero-order valence-electron chi connectivity index (χ0n) is 17.7. The van der Waals surface area contributed by atoms with Crippen LogP contribution in [0.5, 0.6) is 5.75 Å². The van der Waals surface area contributed by atoms with Crippen LogP contribution >= 0.6 is 11.6 Å². The Kier molecular flexibility index (Phi) is 5.54. The molecule has 3 aromatic carbocycles. The standard InChI is InChI=1S/C25H20ClN5O2/c1-33-18-13-11-17(12-14-18)23(32)28-24-29-25-27-21(16-7-3-2-4-8-16)15-22(31(25)30-24)19-9-5-6-10-20(19)26/h2-15,22H,1H3,(H2,27,28,29,30,32)/t22-/m1/s1. The summed E-state index contributed by atoms with van der Waals surface area (Å²) in [5.41, 5.74) is 3.25. The van der Waals surface area contributed by atoms with Crippen molar-refractivity contribution in [2.24, 2.45) is 0 Å². The van der Waals surface area contributed by atoms with Gasteiger partial charge in [0.05, 0.1) is 7.11 Å². The number of aromatic nitrogens is 3. The maximum atomic E-state index is 12.7. The van der Waals surface area contributed by atoms with Crippen molar-refractivity contribution in [2.45, 2.75) is 6.04 Å². The number of fused-ring (bicyclic) bond motifs is 1. The lowest BCUT2D eigenvalue weighted by molar-refractivity contribution is 0.102. The molecule has 5 rings (SSSR count). The number of halogens is 1. The first-order valence-electron chi connectivity index (χ1n) is 10.3. The molecule has 8 heteroatoms. The monoisotopic (exact) mass is 457 g/mol. The van der Waals surface area contributed by atoms with E-state index in [0.717, 1.165) is 16.8 Å². The smallest absolute Gasteiger partial charge is 0.258 e. The van der Waals surface area contributed by atoms with E-state index in [2.05, 4.69) is 20.7 Å². The van der Waals surface area contributed by atoms with Crippen molar-refractivity contribution in [3.63, 3.8) is 0 Å². The number of ether oxygens (including phenoxy) is 1. The molecule has 0 unspecified atom stereocenters. The Morgan fingerprint density at radius 3 is 2.48 bits per heavy atom. The van der Waals surface area contributed by atoms with Crippen LogP contribution in [0.2, 0.25) is 5.02 Å². The Morgan fingerprint density at radius 1 is 1.03 bits per heavy atom. The zero-order chi connectivity index (χ0) is 22.8. The lowest BCUT2D eigenvalue weighted by atomic mass is 10.0. The first kappa shape index (κ1) is 20.8. The van der Waals surface area contributed by atoms with E-state index >= 15 is 0 Å². The van der Waals surface area contributed by atoms with E-state index in [1.807, 2.05) is 60.7 Å². The highest BCUT2D eigenvalue weighted by molar-refractivity contribution is 6.31. The van der Waals surface area contributed by atoms with E-state index in [4.69, 9.17) is 16.3 Å². The van der Waals surface area contributed by atoms with Gasteiger partial charge in [-0.15, -0.1) is 5.10 Å². The van der Waals surface area contributed by atoms with Crippen LogP contribution < -0.4 is 15.4 Å². The van der Waals surface area contributed by atoms with E-state index in [1.165, 1.54) is 0 Å². The van der Waals surface area contributed by atoms with Crippen LogP contribution in [0.4, 0.5) is 11.9 Å². The SMILES string of the molecule is COc1ccc(C(=O)Nc2nc3n(n2)[C@@H](c2ccccc2Cl)C=C(c2ccccc2)N3)cc1. The lowest BCUT2D eigenvalue weighted by Crippen LogP contribution is -2.20. The fourth-order valence-electron chi connectivity index (χ4n) is 3.68. The number of hydrogen-bond acceptors (Lipinski definition) is 5. The quantitative estimate of drug-likeness (QED) is 0.428. The predicted octanol–water partition coefficient (Wildman–Crippen LogP) is 5.25. The fraction of sp³-hybridized carbons (Fsp3) is 0.0800. The molecule has 1 atom stereocenters. The van der Waals surface area contributed by atoms with Crippen LogP contribution in [0, 0.1) is 0 Å². The second-order valence-corrected chi connectivity index (χ2v) is 7.83. The average Bonchev–Trinajstić information content (AvgIpc) is 3.27.